The van der Waals surface area contributed by atoms with Crippen LogP contribution in [0, 0.1) is 12.8 Å². The first-order valence-electron chi connectivity index (χ1n) is 5.59. The van der Waals surface area contributed by atoms with Gasteiger partial charge in [0, 0.05) is 12.3 Å². The van der Waals surface area contributed by atoms with E-state index in [9.17, 15) is 0 Å². The van der Waals surface area contributed by atoms with Crippen molar-refractivity contribution in [2.75, 3.05) is 0 Å². The summed E-state index contributed by atoms with van der Waals surface area (Å²) in [5.41, 5.74) is 0.260. The van der Waals surface area contributed by atoms with Gasteiger partial charge in [-0.2, -0.15) is 0 Å². The summed E-state index contributed by atoms with van der Waals surface area (Å²) < 4.78 is 5.62. The SMILES string of the molecule is Cc1nnc(C23CCC(CC2)CC3)o1. The second kappa shape index (κ2) is 2.81. The summed E-state index contributed by atoms with van der Waals surface area (Å²) >= 11 is 0. The number of fused-ring (bicyclic) bond motifs is 3. The highest BCUT2D eigenvalue weighted by molar-refractivity contribution is 5.09. The van der Waals surface area contributed by atoms with Crippen LogP contribution in [0.4, 0.5) is 0 Å². The lowest BCUT2D eigenvalue weighted by molar-refractivity contribution is 0.109. The van der Waals surface area contributed by atoms with Crippen LogP contribution in [-0.2, 0) is 5.41 Å². The Morgan fingerprint density at radius 3 is 2.29 bits per heavy atom. The summed E-state index contributed by atoms with van der Waals surface area (Å²) in [4.78, 5) is 0. The predicted octanol–water partition coefficient (Wildman–Crippen LogP) is 2.60. The minimum atomic E-state index is 0.260. The standard InChI is InChI=1S/C11H16N2O/c1-8-12-13-10(14-8)11-5-2-9(3-6-11)4-7-11/h9H,2-7H2,1H3. The average Bonchev–Trinajstić information content (AvgIpc) is 2.68. The Balaban J connectivity index is 1.95. The number of aromatic nitrogens is 2. The molecule has 3 aliphatic carbocycles. The summed E-state index contributed by atoms with van der Waals surface area (Å²) in [6.45, 7) is 1.88. The van der Waals surface area contributed by atoms with Crippen molar-refractivity contribution in [3.63, 3.8) is 0 Å². The van der Waals surface area contributed by atoms with E-state index in [1.54, 1.807) is 0 Å². The van der Waals surface area contributed by atoms with Gasteiger partial charge in [-0.1, -0.05) is 0 Å². The quantitative estimate of drug-likeness (QED) is 0.686. The Hall–Kier alpha value is -0.860. The van der Waals surface area contributed by atoms with Gasteiger partial charge in [0.1, 0.15) is 0 Å². The predicted molar refractivity (Wildman–Crippen MR) is 51.9 cm³/mol. The molecule has 3 nitrogen and oxygen atoms in total. The van der Waals surface area contributed by atoms with E-state index in [-0.39, 0.29) is 5.41 Å². The fourth-order valence-electron chi connectivity index (χ4n) is 3.08. The van der Waals surface area contributed by atoms with Crippen LogP contribution in [0.1, 0.15) is 50.3 Å². The lowest BCUT2D eigenvalue weighted by Gasteiger charge is -2.44. The Bertz CT molecular complexity index is 323. The molecule has 2 bridgehead atoms. The van der Waals surface area contributed by atoms with Crippen molar-refractivity contribution < 1.29 is 4.42 Å². The van der Waals surface area contributed by atoms with E-state index in [0.717, 1.165) is 11.8 Å². The summed E-state index contributed by atoms with van der Waals surface area (Å²) in [5, 5.41) is 8.18. The van der Waals surface area contributed by atoms with Crippen molar-refractivity contribution in [2.24, 2.45) is 5.92 Å². The smallest absolute Gasteiger partial charge is 0.222 e. The molecule has 3 saturated carbocycles. The summed E-state index contributed by atoms with van der Waals surface area (Å²) in [6, 6.07) is 0. The molecule has 0 aromatic carbocycles. The second-order valence-electron chi connectivity index (χ2n) is 4.89. The van der Waals surface area contributed by atoms with Gasteiger partial charge in [-0.3, -0.25) is 0 Å². The maximum Gasteiger partial charge on any atom is 0.222 e. The lowest BCUT2D eigenvalue weighted by atomic mass is 9.61. The highest BCUT2D eigenvalue weighted by Crippen LogP contribution is 2.51. The van der Waals surface area contributed by atoms with E-state index >= 15 is 0 Å². The molecule has 0 aliphatic heterocycles. The van der Waals surface area contributed by atoms with Gasteiger partial charge in [-0.05, 0) is 44.4 Å². The molecule has 3 aliphatic rings. The average molecular weight is 192 g/mol. The van der Waals surface area contributed by atoms with Gasteiger partial charge in [-0.15, -0.1) is 10.2 Å². The first-order chi connectivity index (χ1) is 6.78. The summed E-state index contributed by atoms with van der Waals surface area (Å²) in [5.74, 6) is 2.61. The summed E-state index contributed by atoms with van der Waals surface area (Å²) in [7, 11) is 0. The van der Waals surface area contributed by atoms with Crippen LogP contribution in [0.15, 0.2) is 4.42 Å². The monoisotopic (exact) mass is 192 g/mol. The number of hydrogen-bond donors (Lipinski definition) is 0. The molecule has 0 unspecified atom stereocenters. The maximum absolute atomic E-state index is 5.62. The van der Waals surface area contributed by atoms with E-state index in [2.05, 4.69) is 10.2 Å². The number of aryl methyl sites for hydroxylation is 1. The second-order valence-corrected chi connectivity index (χ2v) is 4.89. The molecule has 0 amide bonds. The van der Waals surface area contributed by atoms with Crippen molar-refractivity contribution in [2.45, 2.75) is 50.9 Å². The highest BCUT2D eigenvalue weighted by Gasteiger charge is 2.45. The van der Waals surface area contributed by atoms with Crippen LogP contribution in [0.5, 0.6) is 0 Å². The Morgan fingerprint density at radius 2 is 1.79 bits per heavy atom. The van der Waals surface area contributed by atoms with Crippen molar-refractivity contribution in [3.8, 4) is 0 Å². The van der Waals surface area contributed by atoms with Crippen LogP contribution in [0.25, 0.3) is 0 Å². The molecule has 3 heteroatoms. The van der Waals surface area contributed by atoms with Crippen molar-refractivity contribution in [3.05, 3.63) is 11.8 Å². The zero-order valence-corrected chi connectivity index (χ0v) is 8.62. The lowest BCUT2D eigenvalue weighted by Crippen LogP contribution is -2.37. The fraction of sp³-hybridized carbons (Fsp3) is 0.818. The van der Waals surface area contributed by atoms with Gasteiger partial charge < -0.3 is 4.42 Å². The summed E-state index contributed by atoms with van der Waals surface area (Å²) in [6.07, 6.45) is 7.88. The van der Waals surface area contributed by atoms with Crippen molar-refractivity contribution in [1.82, 2.24) is 10.2 Å². The number of nitrogens with zero attached hydrogens (tertiary/aromatic N) is 2. The largest absolute Gasteiger partial charge is 0.425 e. The van der Waals surface area contributed by atoms with E-state index in [0.29, 0.717) is 5.89 Å². The van der Waals surface area contributed by atoms with Crippen LogP contribution in [-0.4, -0.2) is 10.2 Å². The van der Waals surface area contributed by atoms with Gasteiger partial charge in [0.15, 0.2) is 0 Å². The first kappa shape index (κ1) is 8.45. The zero-order chi connectivity index (χ0) is 9.60. The molecule has 1 heterocycles. The molecule has 0 spiro atoms. The van der Waals surface area contributed by atoms with Crippen molar-refractivity contribution >= 4 is 0 Å². The minimum Gasteiger partial charge on any atom is -0.425 e. The molecule has 1 aromatic heterocycles. The number of rotatable bonds is 1. The molecule has 0 radical (unpaired) electrons. The van der Waals surface area contributed by atoms with Crippen molar-refractivity contribution in [1.29, 1.82) is 0 Å². The fourth-order valence-corrected chi connectivity index (χ4v) is 3.08. The molecule has 0 atom stereocenters. The third kappa shape index (κ3) is 1.11. The molecule has 0 saturated heterocycles. The third-order valence-electron chi connectivity index (χ3n) is 4.07. The zero-order valence-electron chi connectivity index (χ0n) is 8.62. The molecule has 1 aromatic rings. The molecule has 14 heavy (non-hydrogen) atoms. The molecule has 4 rings (SSSR count). The van der Waals surface area contributed by atoms with Gasteiger partial charge in [-0.25, -0.2) is 0 Å². The van der Waals surface area contributed by atoms with Crippen LogP contribution in [0.2, 0.25) is 0 Å². The molecule has 76 valence electrons. The Kier molecular flexibility index (Phi) is 1.70. The maximum atomic E-state index is 5.62. The third-order valence-corrected chi connectivity index (χ3v) is 4.07. The van der Waals surface area contributed by atoms with E-state index in [1.165, 1.54) is 38.5 Å². The molecular formula is C11H16N2O. The van der Waals surface area contributed by atoms with E-state index in [4.69, 9.17) is 4.42 Å². The van der Waals surface area contributed by atoms with E-state index in [1.807, 2.05) is 6.92 Å². The first-order valence-corrected chi connectivity index (χ1v) is 5.59. The van der Waals surface area contributed by atoms with Crippen LogP contribution >= 0.6 is 0 Å². The Labute approximate surface area is 83.9 Å². The Morgan fingerprint density at radius 1 is 1.14 bits per heavy atom. The van der Waals surface area contributed by atoms with Crippen LogP contribution < -0.4 is 0 Å². The van der Waals surface area contributed by atoms with Gasteiger partial charge >= 0.3 is 0 Å². The topological polar surface area (TPSA) is 38.9 Å². The van der Waals surface area contributed by atoms with Gasteiger partial charge in [0.25, 0.3) is 0 Å². The highest BCUT2D eigenvalue weighted by atomic mass is 16.4. The van der Waals surface area contributed by atoms with Crippen LogP contribution in [0.3, 0.4) is 0 Å². The molecule has 0 N–H and O–H groups in total. The normalized spacial score (nSPS) is 36.2. The number of hydrogen-bond acceptors (Lipinski definition) is 3. The molecular weight excluding hydrogens is 176 g/mol. The van der Waals surface area contributed by atoms with Gasteiger partial charge in [0.2, 0.25) is 11.8 Å². The minimum absolute atomic E-state index is 0.260. The molecule has 3 fully saturated rings. The van der Waals surface area contributed by atoms with E-state index < -0.39 is 0 Å². The van der Waals surface area contributed by atoms with Gasteiger partial charge in [0.05, 0.1) is 0 Å².